The molecule has 0 radical (unpaired) electrons. The summed E-state index contributed by atoms with van der Waals surface area (Å²) in [5.74, 6) is 0. The summed E-state index contributed by atoms with van der Waals surface area (Å²) in [5, 5.41) is 5.85. The number of hydrogen-bond donors (Lipinski definition) is 0. The Morgan fingerprint density at radius 3 is 2.00 bits per heavy atom. The molecule has 1 heterocycles. The van der Waals surface area contributed by atoms with Crippen molar-refractivity contribution >= 4 is 75.6 Å². The summed E-state index contributed by atoms with van der Waals surface area (Å²) in [6.07, 6.45) is 27.3. The third kappa shape index (κ3) is 6.26. The quantitative estimate of drug-likeness (QED) is 0.231. The first kappa shape index (κ1) is 31.3. The fraction of sp³-hybridized carbons (Fsp3) is 0.150. The molecule has 0 spiro atoms. The Morgan fingerprint density at radius 2 is 1.44 bits per heavy atom. The summed E-state index contributed by atoms with van der Waals surface area (Å²) in [7, 11) is 0. The van der Waals surface area contributed by atoms with Crippen LogP contribution in [0.4, 0.5) is 0 Å². The van der Waals surface area contributed by atoms with E-state index >= 15 is 0 Å². The molecule has 1 aromatic heterocycles. The molecule has 3 rings (SSSR count). The van der Waals surface area contributed by atoms with Crippen LogP contribution in [0, 0.1) is 0 Å². The van der Waals surface area contributed by atoms with Gasteiger partial charge in [-0.2, -0.15) is 0 Å². The van der Waals surface area contributed by atoms with Crippen molar-refractivity contribution in [3.63, 3.8) is 0 Å². The Balaban J connectivity index is 2.31. The third-order valence-corrected chi connectivity index (χ3v) is 8.46. The molecule has 0 unspecified atom stereocenters. The van der Waals surface area contributed by atoms with Crippen molar-refractivity contribution in [1.82, 2.24) is 0 Å². The molecule has 1 heteroatoms. The van der Waals surface area contributed by atoms with Crippen LogP contribution in [0.5, 0.6) is 0 Å². The first-order chi connectivity index (χ1) is 19.8. The van der Waals surface area contributed by atoms with Crippen LogP contribution in [0.2, 0.25) is 0 Å². The van der Waals surface area contributed by atoms with Crippen molar-refractivity contribution in [2.24, 2.45) is 0 Å². The molecular weight excluding hydrogens is 513 g/mol. The summed E-state index contributed by atoms with van der Waals surface area (Å²) in [6, 6.07) is 6.53. The molecule has 0 aliphatic carbocycles. The van der Waals surface area contributed by atoms with E-state index in [9.17, 15) is 0 Å². The van der Waals surface area contributed by atoms with Crippen LogP contribution in [0.25, 0.3) is 64.3 Å². The van der Waals surface area contributed by atoms with Crippen molar-refractivity contribution in [1.29, 1.82) is 0 Å². The van der Waals surface area contributed by atoms with Crippen molar-refractivity contribution in [3.8, 4) is 0 Å². The Morgan fingerprint density at radius 1 is 0.780 bits per heavy atom. The van der Waals surface area contributed by atoms with Gasteiger partial charge >= 0.3 is 0 Å². The molecule has 0 nitrogen and oxygen atoms in total. The Hall–Kier alpha value is -4.20. The average molecular weight is 555 g/mol. The summed E-state index contributed by atoms with van der Waals surface area (Å²) in [6.45, 7) is 29.3. The standard InChI is InChI=1S/C40H42S/c1-11-20-35-30(15-5)31(16-6)38(36(21-12-2)32(35)17-7)26-27(9)29(14-4)25-28(10)34-23-19-24-37-33(18-8)39(22-13-3)41-40(34)37/h11-26H,1,7-9H2,2-6,10H3/b21-12-,22-13-,28-25+,29-14+,30-15-,31-16-,35-20+,38-26+. The second-order valence-corrected chi connectivity index (χ2v) is 10.7. The number of benzene rings is 2. The lowest BCUT2D eigenvalue weighted by molar-refractivity contribution is 1.34. The lowest BCUT2D eigenvalue weighted by Gasteiger charge is -2.11. The van der Waals surface area contributed by atoms with Crippen LogP contribution in [0.15, 0.2) is 86.0 Å². The van der Waals surface area contributed by atoms with Crippen LogP contribution in [0.1, 0.15) is 68.7 Å². The number of hydrogen-bond acceptors (Lipinski definition) is 1. The van der Waals surface area contributed by atoms with Gasteiger partial charge in [0, 0.05) is 15.0 Å². The number of thiophene rings is 1. The van der Waals surface area contributed by atoms with E-state index in [0.29, 0.717) is 0 Å². The lowest BCUT2D eigenvalue weighted by atomic mass is 9.93. The van der Waals surface area contributed by atoms with Gasteiger partial charge in [0.15, 0.2) is 0 Å². The molecule has 41 heavy (non-hydrogen) atoms. The second-order valence-electron chi connectivity index (χ2n) is 9.67. The van der Waals surface area contributed by atoms with Gasteiger partial charge in [-0.15, -0.1) is 11.3 Å². The molecule has 208 valence electrons. The van der Waals surface area contributed by atoms with Crippen LogP contribution in [-0.2, 0) is 0 Å². The van der Waals surface area contributed by atoms with Gasteiger partial charge < -0.3 is 0 Å². The summed E-state index contributed by atoms with van der Waals surface area (Å²) in [5.41, 5.74) is 7.89. The predicted octanol–water partition coefficient (Wildman–Crippen LogP) is 9.21. The molecular formula is C40H42S. The van der Waals surface area contributed by atoms with Gasteiger partial charge in [0.25, 0.3) is 0 Å². The SMILES string of the molecule is C=C/C=c1c(C=C)c(/C=C\C)c(=C/C(=C)C(=C/C)/C=C(\C)c2cccc3c(C=C)c(/C=C\C)sc23)/c(=C\C)c/1=C/C. The zero-order chi connectivity index (χ0) is 30.1. The normalized spacial score (nSPS) is 14.7. The largest absolute Gasteiger partial charge is 0.135 e. The summed E-state index contributed by atoms with van der Waals surface area (Å²) in [4.78, 5) is 1.24. The second kappa shape index (κ2) is 14.4. The highest BCUT2D eigenvalue weighted by Crippen LogP contribution is 2.38. The van der Waals surface area contributed by atoms with Gasteiger partial charge in [0.05, 0.1) is 0 Å². The number of fused-ring (bicyclic) bond motifs is 1. The smallest absolute Gasteiger partial charge is 0.0430 e. The molecule has 0 fully saturated rings. The van der Waals surface area contributed by atoms with E-state index in [1.54, 1.807) is 0 Å². The average Bonchev–Trinajstić information content (AvgIpc) is 3.34. The van der Waals surface area contributed by atoms with E-state index in [1.165, 1.54) is 42.1 Å². The van der Waals surface area contributed by atoms with Gasteiger partial charge in [-0.1, -0.05) is 111 Å². The Labute approximate surface area is 250 Å². The maximum atomic E-state index is 4.55. The van der Waals surface area contributed by atoms with Crippen molar-refractivity contribution in [2.75, 3.05) is 0 Å². The molecule has 0 amide bonds. The molecule has 0 atom stereocenters. The molecule has 0 bridgehead atoms. The Kier molecular flexibility index (Phi) is 11.0. The Bertz CT molecular complexity index is 1890. The van der Waals surface area contributed by atoms with Gasteiger partial charge in [0.1, 0.15) is 0 Å². The first-order valence-corrected chi connectivity index (χ1v) is 14.9. The van der Waals surface area contributed by atoms with Gasteiger partial charge in [-0.3, -0.25) is 0 Å². The van der Waals surface area contributed by atoms with E-state index in [1.807, 2.05) is 36.5 Å². The van der Waals surface area contributed by atoms with E-state index in [2.05, 4.69) is 140 Å². The van der Waals surface area contributed by atoms with Gasteiger partial charge in [0.2, 0.25) is 0 Å². The van der Waals surface area contributed by atoms with Crippen LogP contribution in [-0.4, -0.2) is 0 Å². The number of allylic oxidation sites excluding steroid dienone is 8. The topological polar surface area (TPSA) is 0 Å². The molecule has 2 aromatic carbocycles. The molecule has 0 aliphatic rings. The monoisotopic (exact) mass is 554 g/mol. The fourth-order valence-electron chi connectivity index (χ4n) is 5.39. The number of rotatable bonds is 9. The zero-order valence-electron chi connectivity index (χ0n) is 25.5. The molecule has 0 saturated heterocycles. The predicted molar refractivity (Wildman–Crippen MR) is 192 cm³/mol. The lowest BCUT2D eigenvalue weighted by Crippen LogP contribution is -2.50. The van der Waals surface area contributed by atoms with Gasteiger partial charge in [-0.05, 0) is 114 Å². The van der Waals surface area contributed by atoms with E-state index in [-0.39, 0.29) is 0 Å². The summed E-state index contributed by atoms with van der Waals surface area (Å²) >= 11 is 1.82. The first-order valence-electron chi connectivity index (χ1n) is 14.1. The van der Waals surface area contributed by atoms with E-state index in [4.69, 9.17) is 0 Å². The zero-order valence-corrected chi connectivity index (χ0v) is 26.3. The minimum Gasteiger partial charge on any atom is -0.135 e. The molecule has 0 N–H and O–H groups in total. The van der Waals surface area contributed by atoms with E-state index in [0.717, 1.165) is 32.7 Å². The maximum absolute atomic E-state index is 4.55. The fourth-order valence-corrected chi connectivity index (χ4v) is 6.75. The minimum absolute atomic E-state index is 0.956. The third-order valence-electron chi connectivity index (χ3n) is 7.24. The minimum atomic E-state index is 0.956. The summed E-state index contributed by atoms with van der Waals surface area (Å²) < 4.78 is 1.28. The highest BCUT2D eigenvalue weighted by Gasteiger charge is 2.13. The van der Waals surface area contributed by atoms with Crippen molar-refractivity contribution < 1.29 is 0 Å². The van der Waals surface area contributed by atoms with E-state index < -0.39 is 0 Å². The van der Waals surface area contributed by atoms with Crippen LogP contribution >= 0.6 is 11.3 Å². The van der Waals surface area contributed by atoms with Crippen molar-refractivity contribution in [2.45, 2.75) is 41.5 Å². The van der Waals surface area contributed by atoms with Crippen LogP contribution in [0.3, 0.4) is 0 Å². The maximum Gasteiger partial charge on any atom is 0.0430 e. The molecule has 0 saturated carbocycles. The highest BCUT2D eigenvalue weighted by molar-refractivity contribution is 7.20. The van der Waals surface area contributed by atoms with Gasteiger partial charge in [-0.25, -0.2) is 0 Å². The highest BCUT2D eigenvalue weighted by atomic mass is 32.1. The van der Waals surface area contributed by atoms with Crippen LogP contribution < -0.4 is 20.9 Å². The molecule has 0 aliphatic heterocycles. The van der Waals surface area contributed by atoms with Crippen molar-refractivity contribution in [3.05, 3.63) is 134 Å². The molecule has 3 aromatic rings.